The van der Waals surface area contributed by atoms with E-state index in [4.69, 9.17) is 4.74 Å². The molecular weight excluding hydrogens is 404 g/mol. The Morgan fingerprint density at radius 2 is 1.97 bits per heavy atom. The Morgan fingerprint density at radius 1 is 1.19 bits per heavy atom. The van der Waals surface area contributed by atoms with Gasteiger partial charge in [0.25, 0.3) is 0 Å². The molecule has 168 valence electrons. The predicted molar refractivity (Wildman–Crippen MR) is 125 cm³/mol. The summed E-state index contributed by atoms with van der Waals surface area (Å²) in [6.07, 6.45) is 5.26. The van der Waals surface area contributed by atoms with E-state index in [1.54, 1.807) is 7.05 Å². The summed E-state index contributed by atoms with van der Waals surface area (Å²) in [7, 11) is 1.78. The molecule has 8 heteroatoms. The summed E-state index contributed by atoms with van der Waals surface area (Å²) in [6, 6.07) is 13.1. The molecule has 1 amide bonds. The van der Waals surface area contributed by atoms with Crippen molar-refractivity contribution in [3.8, 4) is 11.6 Å². The van der Waals surface area contributed by atoms with Crippen molar-refractivity contribution in [2.24, 2.45) is 5.92 Å². The molecule has 4 rings (SSSR count). The molecule has 1 aromatic carbocycles. The van der Waals surface area contributed by atoms with Crippen LogP contribution < -0.4 is 20.7 Å². The molecule has 3 heterocycles. The Labute approximate surface area is 188 Å². The van der Waals surface area contributed by atoms with E-state index in [2.05, 4.69) is 39.8 Å². The SMILES string of the molecule is CNc1nc(N[C@H](CC(C)C)C(=O)NC2CCOc3ccccc32)cc(-n2cccc2)n1. The third-order valence-electron chi connectivity index (χ3n) is 5.43. The summed E-state index contributed by atoms with van der Waals surface area (Å²) in [5.41, 5.74) is 1.02. The standard InChI is InChI=1S/C24H30N6O2/c1-16(2)14-19(23(31)27-18-10-13-32-20-9-5-4-8-17(18)20)26-21-15-22(29-24(25-3)28-21)30-11-6-7-12-30/h4-9,11-12,15-16,18-19H,10,13-14H2,1-3H3,(H,27,31)(H2,25,26,28,29)/t18?,19-/m1/s1. The highest BCUT2D eigenvalue weighted by molar-refractivity contribution is 5.85. The fraction of sp³-hybridized carbons (Fsp3) is 0.375. The lowest BCUT2D eigenvalue weighted by atomic mass is 9.98. The van der Waals surface area contributed by atoms with Crippen molar-refractivity contribution < 1.29 is 9.53 Å². The molecule has 3 N–H and O–H groups in total. The van der Waals surface area contributed by atoms with Crippen molar-refractivity contribution in [3.63, 3.8) is 0 Å². The molecule has 1 aliphatic heterocycles. The lowest BCUT2D eigenvalue weighted by molar-refractivity contribution is -0.123. The molecule has 0 aliphatic carbocycles. The molecular formula is C24H30N6O2. The van der Waals surface area contributed by atoms with Gasteiger partial charge in [0, 0.05) is 37.5 Å². The summed E-state index contributed by atoms with van der Waals surface area (Å²) >= 11 is 0. The minimum absolute atomic E-state index is 0.0486. The van der Waals surface area contributed by atoms with E-state index in [0.29, 0.717) is 30.7 Å². The van der Waals surface area contributed by atoms with Gasteiger partial charge in [-0.05, 0) is 30.5 Å². The summed E-state index contributed by atoms with van der Waals surface area (Å²) in [6.45, 7) is 4.80. The maximum absolute atomic E-state index is 13.4. The molecule has 32 heavy (non-hydrogen) atoms. The highest BCUT2D eigenvalue weighted by Gasteiger charge is 2.27. The van der Waals surface area contributed by atoms with Crippen molar-refractivity contribution in [1.82, 2.24) is 19.9 Å². The Morgan fingerprint density at radius 3 is 2.72 bits per heavy atom. The van der Waals surface area contributed by atoms with Crippen molar-refractivity contribution >= 4 is 17.7 Å². The average Bonchev–Trinajstić information content (AvgIpc) is 3.33. The average molecular weight is 435 g/mol. The van der Waals surface area contributed by atoms with Crippen LogP contribution >= 0.6 is 0 Å². The Bertz CT molecular complexity index is 1050. The van der Waals surface area contributed by atoms with Gasteiger partial charge in [0.2, 0.25) is 11.9 Å². The van der Waals surface area contributed by atoms with Gasteiger partial charge in [-0.15, -0.1) is 0 Å². The van der Waals surface area contributed by atoms with Crippen LogP contribution in [-0.2, 0) is 4.79 Å². The molecule has 0 fully saturated rings. The van der Waals surface area contributed by atoms with E-state index in [0.717, 1.165) is 23.6 Å². The number of aromatic nitrogens is 3. The Hall–Kier alpha value is -3.55. The smallest absolute Gasteiger partial charge is 0.243 e. The number of rotatable bonds is 8. The van der Waals surface area contributed by atoms with E-state index in [9.17, 15) is 4.79 Å². The molecule has 8 nitrogen and oxygen atoms in total. The second kappa shape index (κ2) is 9.72. The molecule has 0 saturated heterocycles. The molecule has 1 aliphatic rings. The van der Waals surface area contributed by atoms with Crippen LogP contribution in [0.2, 0.25) is 0 Å². The third-order valence-corrected chi connectivity index (χ3v) is 5.43. The summed E-state index contributed by atoms with van der Waals surface area (Å²) < 4.78 is 7.64. The second-order valence-corrected chi connectivity index (χ2v) is 8.34. The molecule has 0 bridgehead atoms. The van der Waals surface area contributed by atoms with Crippen LogP contribution in [0.5, 0.6) is 5.75 Å². The lowest BCUT2D eigenvalue weighted by Crippen LogP contribution is -2.43. The zero-order chi connectivity index (χ0) is 22.5. The largest absolute Gasteiger partial charge is 0.493 e. The fourth-order valence-electron chi connectivity index (χ4n) is 3.89. The van der Waals surface area contributed by atoms with Crippen molar-refractivity contribution in [1.29, 1.82) is 0 Å². The molecule has 2 aromatic heterocycles. The number of ether oxygens (including phenoxy) is 1. The molecule has 0 radical (unpaired) electrons. The number of hydrogen-bond donors (Lipinski definition) is 3. The topological polar surface area (TPSA) is 93.1 Å². The molecule has 0 saturated carbocycles. The molecule has 2 atom stereocenters. The zero-order valence-corrected chi connectivity index (χ0v) is 18.7. The summed E-state index contributed by atoms with van der Waals surface area (Å²) in [5.74, 6) is 2.92. The van der Waals surface area contributed by atoms with Crippen LogP contribution in [0.15, 0.2) is 54.9 Å². The van der Waals surface area contributed by atoms with Crippen LogP contribution in [0.1, 0.15) is 38.3 Å². The van der Waals surface area contributed by atoms with Gasteiger partial charge in [0.1, 0.15) is 23.4 Å². The maximum atomic E-state index is 13.4. The first kappa shape index (κ1) is 21.7. The number of fused-ring (bicyclic) bond motifs is 1. The first-order chi connectivity index (χ1) is 15.5. The number of nitrogens with zero attached hydrogens (tertiary/aromatic N) is 3. The maximum Gasteiger partial charge on any atom is 0.243 e. The van der Waals surface area contributed by atoms with E-state index in [1.807, 2.05) is 59.4 Å². The van der Waals surface area contributed by atoms with Gasteiger partial charge in [0.15, 0.2) is 0 Å². The lowest BCUT2D eigenvalue weighted by Gasteiger charge is -2.29. The number of carbonyl (C=O) groups is 1. The van der Waals surface area contributed by atoms with Crippen LogP contribution in [-0.4, -0.2) is 40.1 Å². The number of carbonyl (C=O) groups excluding carboxylic acids is 1. The van der Waals surface area contributed by atoms with E-state index >= 15 is 0 Å². The van der Waals surface area contributed by atoms with Gasteiger partial charge in [-0.25, -0.2) is 0 Å². The van der Waals surface area contributed by atoms with Crippen LogP contribution in [0.4, 0.5) is 11.8 Å². The number of hydrogen-bond acceptors (Lipinski definition) is 6. The van der Waals surface area contributed by atoms with Crippen LogP contribution in [0.25, 0.3) is 5.82 Å². The minimum atomic E-state index is -0.429. The van der Waals surface area contributed by atoms with E-state index < -0.39 is 6.04 Å². The quantitative estimate of drug-likeness (QED) is 0.500. The predicted octanol–water partition coefficient (Wildman–Crippen LogP) is 3.78. The van der Waals surface area contributed by atoms with Gasteiger partial charge >= 0.3 is 0 Å². The van der Waals surface area contributed by atoms with Gasteiger partial charge in [-0.2, -0.15) is 9.97 Å². The second-order valence-electron chi connectivity index (χ2n) is 8.34. The van der Waals surface area contributed by atoms with Crippen molar-refractivity contribution in [2.45, 2.75) is 38.8 Å². The number of benzene rings is 1. The highest BCUT2D eigenvalue weighted by atomic mass is 16.5. The number of anilines is 2. The van der Waals surface area contributed by atoms with E-state index in [1.165, 1.54) is 0 Å². The third kappa shape index (κ3) is 5.01. The minimum Gasteiger partial charge on any atom is -0.493 e. The van der Waals surface area contributed by atoms with Crippen LogP contribution in [0.3, 0.4) is 0 Å². The van der Waals surface area contributed by atoms with Gasteiger partial charge in [0.05, 0.1) is 12.6 Å². The summed E-state index contributed by atoms with van der Waals surface area (Å²) in [5, 5.41) is 9.58. The van der Waals surface area contributed by atoms with Gasteiger partial charge < -0.3 is 25.3 Å². The fourth-order valence-corrected chi connectivity index (χ4v) is 3.89. The number of nitrogens with one attached hydrogen (secondary N) is 3. The molecule has 1 unspecified atom stereocenters. The Kier molecular flexibility index (Phi) is 6.58. The monoisotopic (exact) mass is 434 g/mol. The van der Waals surface area contributed by atoms with Crippen LogP contribution in [0, 0.1) is 5.92 Å². The van der Waals surface area contributed by atoms with Gasteiger partial charge in [-0.1, -0.05) is 32.0 Å². The first-order valence-corrected chi connectivity index (χ1v) is 11.0. The summed E-state index contributed by atoms with van der Waals surface area (Å²) in [4.78, 5) is 22.4. The molecule has 0 spiro atoms. The van der Waals surface area contributed by atoms with E-state index in [-0.39, 0.29) is 11.9 Å². The van der Waals surface area contributed by atoms with Crippen molar-refractivity contribution in [2.75, 3.05) is 24.3 Å². The normalized spacial score (nSPS) is 16.1. The first-order valence-electron chi connectivity index (χ1n) is 11.0. The molecule has 3 aromatic rings. The Balaban J connectivity index is 1.55. The number of para-hydroxylation sites is 1. The van der Waals surface area contributed by atoms with Gasteiger partial charge in [-0.3, -0.25) is 4.79 Å². The zero-order valence-electron chi connectivity index (χ0n) is 18.7. The number of amides is 1. The van der Waals surface area contributed by atoms with Crippen molar-refractivity contribution in [3.05, 3.63) is 60.4 Å². The highest BCUT2D eigenvalue weighted by Crippen LogP contribution is 2.31.